The average Bonchev–Trinajstić information content (AvgIpc) is 3.07. The highest BCUT2D eigenvalue weighted by Crippen LogP contribution is 2.26. The number of rotatable bonds is 6. The Kier molecular flexibility index (Phi) is 5.43. The van der Waals surface area contributed by atoms with Gasteiger partial charge in [0.15, 0.2) is 0 Å². The second-order valence-corrected chi connectivity index (χ2v) is 7.33. The molecule has 1 atom stereocenters. The summed E-state index contributed by atoms with van der Waals surface area (Å²) in [5.41, 5.74) is 3.47. The Labute approximate surface area is 149 Å². The van der Waals surface area contributed by atoms with Crippen molar-refractivity contribution in [3.8, 4) is 0 Å². The molecule has 134 valence electrons. The van der Waals surface area contributed by atoms with Gasteiger partial charge in [-0.1, -0.05) is 25.3 Å². The average molecular weight is 340 g/mol. The van der Waals surface area contributed by atoms with Crippen molar-refractivity contribution >= 4 is 0 Å². The Morgan fingerprint density at radius 3 is 2.92 bits per heavy atom. The van der Waals surface area contributed by atoms with Crippen molar-refractivity contribution in [2.24, 2.45) is 5.92 Å². The van der Waals surface area contributed by atoms with Crippen LogP contribution < -0.4 is 5.32 Å². The maximum atomic E-state index is 6.00. The highest BCUT2D eigenvalue weighted by atomic mass is 16.5. The number of hydrogen-bond acceptors (Lipinski definition) is 4. The van der Waals surface area contributed by atoms with E-state index in [1.54, 1.807) is 0 Å². The molecule has 0 spiro atoms. The van der Waals surface area contributed by atoms with Crippen LogP contribution in [0, 0.1) is 5.92 Å². The molecule has 0 saturated heterocycles. The molecule has 0 bridgehead atoms. The zero-order chi connectivity index (χ0) is 16.9. The summed E-state index contributed by atoms with van der Waals surface area (Å²) >= 11 is 0. The van der Waals surface area contributed by atoms with E-state index in [-0.39, 0.29) is 6.10 Å². The minimum Gasteiger partial charge on any atom is -0.370 e. The van der Waals surface area contributed by atoms with Crippen molar-refractivity contribution in [2.75, 3.05) is 19.7 Å². The number of nitrogens with zero attached hydrogens (tertiary/aromatic N) is 3. The van der Waals surface area contributed by atoms with Crippen molar-refractivity contribution in [1.82, 2.24) is 20.1 Å². The summed E-state index contributed by atoms with van der Waals surface area (Å²) < 4.78 is 8.01. The number of ether oxygens (including phenoxy) is 1. The third kappa shape index (κ3) is 4.28. The van der Waals surface area contributed by atoms with Crippen LogP contribution in [-0.2, 0) is 17.7 Å². The molecule has 25 heavy (non-hydrogen) atoms. The molecular formula is C20H28N4O. The van der Waals surface area contributed by atoms with E-state index in [1.807, 2.05) is 29.1 Å². The Morgan fingerprint density at radius 1 is 1.16 bits per heavy atom. The third-order valence-electron chi connectivity index (χ3n) is 5.40. The van der Waals surface area contributed by atoms with Crippen LogP contribution in [-0.4, -0.2) is 34.5 Å². The lowest BCUT2D eigenvalue weighted by Gasteiger charge is -2.25. The summed E-state index contributed by atoms with van der Waals surface area (Å²) in [6.07, 6.45) is 12.0. The van der Waals surface area contributed by atoms with Gasteiger partial charge in [-0.15, -0.1) is 0 Å². The maximum absolute atomic E-state index is 6.00. The van der Waals surface area contributed by atoms with E-state index < -0.39 is 0 Å². The molecule has 5 heteroatoms. The van der Waals surface area contributed by atoms with Crippen molar-refractivity contribution in [3.05, 3.63) is 47.5 Å². The van der Waals surface area contributed by atoms with Gasteiger partial charge < -0.3 is 10.1 Å². The molecule has 0 amide bonds. The van der Waals surface area contributed by atoms with Crippen LogP contribution >= 0.6 is 0 Å². The van der Waals surface area contributed by atoms with Crippen LogP contribution in [0.5, 0.6) is 0 Å². The van der Waals surface area contributed by atoms with Crippen molar-refractivity contribution in [3.63, 3.8) is 0 Å². The zero-order valence-electron chi connectivity index (χ0n) is 14.9. The first-order chi connectivity index (χ1) is 12.4. The van der Waals surface area contributed by atoms with E-state index in [0.29, 0.717) is 0 Å². The van der Waals surface area contributed by atoms with Crippen LogP contribution in [0.4, 0.5) is 0 Å². The number of fused-ring (bicyclic) bond motifs is 1. The van der Waals surface area contributed by atoms with Crippen LogP contribution in [0.25, 0.3) is 0 Å². The monoisotopic (exact) mass is 340 g/mol. The largest absolute Gasteiger partial charge is 0.370 e. The smallest absolute Gasteiger partial charge is 0.114 e. The molecule has 1 saturated carbocycles. The second kappa shape index (κ2) is 8.11. The minimum atomic E-state index is 0.0809. The molecule has 1 fully saturated rings. The molecule has 0 aromatic carbocycles. The lowest BCUT2D eigenvalue weighted by molar-refractivity contribution is 0.0387. The molecule has 1 aliphatic heterocycles. The Hall–Kier alpha value is -1.72. The lowest BCUT2D eigenvalue weighted by atomic mass is 9.89. The fraction of sp³-hybridized carbons (Fsp3) is 0.600. The van der Waals surface area contributed by atoms with Crippen molar-refractivity contribution in [2.45, 2.75) is 51.2 Å². The van der Waals surface area contributed by atoms with Crippen molar-refractivity contribution < 1.29 is 4.74 Å². The van der Waals surface area contributed by atoms with Crippen LogP contribution in [0.1, 0.15) is 55.2 Å². The van der Waals surface area contributed by atoms with Crippen LogP contribution in [0.15, 0.2) is 30.6 Å². The first-order valence-electron chi connectivity index (χ1n) is 9.67. The summed E-state index contributed by atoms with van der Waals surface area (Å²) in [6, 6.07) is 6.01. The molecule has 5 nitrogen and oxygen atoms in total. The van der Waals surface area contributed by atoms with Gasteiger partial charge in [0.2, 0.25) is 0 Å². The number of pyridine rings is 1. The van der Waals surface area contributed by atoms with Gasteiger partial charge in [0, 0.05) is 18.9 Å². The number of aromatic nitrogens is 3. The predicted molar refractivity (Wildman–Crippen MR) is 97.4 cm³/mol. The first kappa shape index (κ1) is 16.7. The van der Waals surface area contributed by atoms with Gasteiger partial charge in [0.1, 0.15) is 6.10 Å². The van der Waals surface area contributed by atoms with E-state index in [9.17, 15) is 0 Å². The summed E-state index contributed by atoms with van der Waals surface area (Å²) in [4.78, 5) is 4.40. The van der Waals surface area contributed by atoms with E-state index in [2.05, 4.69) is 16.5 Å². The van der Waals surface area contributed by atoms with Crippen LogP contribution in [0.3, 0.4) is 0 Å². The zero-order valence-corrected chi connectivity index (χ0v) is 14.9. The standard InChI is InChI=1S/C20H28N4O/c1-2-6-16(7-3-1)12-21-13-19-20-17(9-11-25-19)14-24(23-20)15-18-8-4-5-10-22-18/h4-5,8,10,14,16,19,21H,1-3,6-7,9,11-13,15H2. The molecule has 3 heterocycles. The number of nitrogens with one attached hydrogen (secondary N) is 1. The van der Waals surface area contributed by atoms with Gasteiger partial charge >= 0.3 is 0 Å². The molecule has 1 unspecified atom stereocenters. The van der Waals surface area contributed by atoms with E-state index in [1.165, 1.54) is 37.7 Å². The van der Waals surface area contributed by atoms with E-state index in [4.69, 9.17) is 9.84 Å². The fourth-order valence-corrected chi connectivity index (χ4v) is 4.04. The molecule has 1 aliphatic carbocycles. The predicted octanol–water partition coefficient (Wildman–Crippen LogP) is 3.11. The highest BCUT2D eigenvalue weighted by molar-refractivity contribution is 5.23. The molecular weight excluding hydrogens is 312 g/mol. The Bertz CT molecular complexity index is 664. The topological polar surface area (TPSA) is 52.0 Å². The third-order valence-corrected chi connectivity index (χ3v) is 5.40. The van der Waals surface area contributed by atoms with Gasteiger partial charge in [-0.25, -0.2) is 0 Å². The van der Waals surface area contributed by atoms with Gasteiger partial charge in [-0.3, -0.25) is 9.67 Å². The van der Waals surface area contributed by atoms with Gasteiger partial charge in [-0.2, -0.15) is 5.10 Å². The molecule has 0 radical (unpaired) electrons. The summed E-state index contributed by atoms with van der Waals surface area (Å²) in [5.74, 6) is 0.846. The fourth-order valence-electron chi connectivity index (χ4n) is 4.04. The maximum Gasteiger partial charge on any atom is 0.114 e. The van der Waals surface area contributed by atoms with Gasteiger partial charge in [0.25, 0.3) is 0 Å². The normalized spacial score (nSPS) is 21.2. The van der Waals surface area contributed by atoms with E-state index in [0.717, 1.165) is 50.0 Å². The minimum absolute atomic E-state index is 0.0809. The summed E-state index contributed by atoms with van der Waals surface area (Å²) in [5, 5.41) is 8.44. The second-order valence-electron chi connectivity index (χ2n) is 7.33. The Balaban J connectivity index is 1.36. The van der Waals surface area contributed by atoms with E-state index >= 15 is 0 Å². The molecule has 2 aromatic heterocycles. The van der Waals surface area contributed by atoms with Gasteiger partial charge in [-0.05, 0) is 49.4 Å². The van der Waals surface area contributed by atoms with Gasteiger partial charge in [0.05, 0.1) is 24.5 Å². The van der Waals surface area contributed by atoms with Crippen molar-refractivity contribution in [1.29, 1.82) is 0 Å². The molecule has 2 aromatic rings. The first-order valence-corrected chi connectivity index (χ1v) is 9.67. The molecule has 1 N–H and O–H groups in total. The molecule has 2 aliphatic rings. The lowest BCUT2D eigenvalue weighted by Crippen LogP contribution is -2.31. The number of hydrogen-bond donors (Lipinski definition) is 1. The summed E-state index contributed by atoms with van der Waals surface area (Å²) in [7, 11) is 0. The summed E-state index contributed by atoms with van der Waals surface area (Å²) in [6.45, 7) is 3.49. The highest BCUT2D eigenvalue weighted by Gasteiger charge is 2.25. The SMILES string of the molecule is c1ccc(Cn2cc3c(n2)C(CNCC2CCCCC2)OCC3)nc1. The quantitative estimate of drug-likeness (QED) is 0.878. The molecule has 4 rings (SSSR count). The van der Waals surface area contributed by atoms with Crippen LogP contribution in [0.2, 0.25) is 0 Å². The Morgan fingerprint density at radius 2 is 2.08 bits per heavy atom.